The molecule has 3 amide bonds. The summed E-state index contributed by atoms with van der Waals surface area (Å²) in [6, 6.07) is 1.53. The highest BCUT2D eigenvalue weighted by molar-refractivity contribution is 9.11. The van der Waals surface area contributed by atoms with Crippen LogP contribution in [0.3, 0.4) is 0 Å². The van der Waals surface area contributed by atoms with E-state index in [-0.39, 0.29) is 25.1 Å². The van der Waals surface area contributed by atoms with E-state index in [1.165, 1.54) is 23.3 Å². The Kier molecular flexibility index (Phi) is 3.74. The van der Waals surface area contributed by atoms with Crippen LogP contribution in [-0.4, -0.2) is 36.1 Å². The highest BCUT2D eigenvalue weighted by Gasteiger charge is 2.47. The summed E-state index contributed by atoms with van der Waals surface area (Å²) in [5.74, 6) is -0.253. The molecule has 2 heterocycles. The number of imide groups is 1. The summed E-state index contributed by atoms with van der Waals surface area (Å²) in [5, 5.41) is 4.58. The van der Waals surface area contributed by atoms with E-state index >= 15 is 0 Å². The molecule has 1 aliphatic heterocycles. The van der Waals surface area contributed by atoms with Crippen LogP contribution in [0.15, 0.2) is 15.2 Å². The Hall–Kier alpha value is -0.920. The molecule has 1 aromatic rings. The van der Waals surface area contributed by atoms with Crippen molar-refractivity contribution < 1.29 is 14.3 Å². The number of rotatable bonds is 4. The van der Waals surface area contributed by atoms with Gasteiger partial charge >= 0.3 is 6.03 Å². The quantitative estimate of drug-likeness (QED) is 0.857. The lowest BCUT2D eigenvalue weighted by Crippen LogP contribution is -2.47. The topological polar surface area (TPSA) is 58.6 Å². The van der Waals surface area contributed by atoms with Gasteiger partial charge in [-0.2, -0.15) is 0 Å². The van der Waals surface area contributed by atoms with Crippen molar-refractivity contribution in [1.82, 2.24) is 10.2 Å². The van der Waals surface area contributed by atoms with Crippen molar-refractivity contribution in [3.05, 3.63) is 20.8 Å². The summed E-state index contributed by atoms with van der Waals surface area (Å²) >= 11 is 4.88. The molecule has 7 heteroatoms. The number of ether oxygens (including phenoxy) is 1. The molecule has 0 saturated carbocycles. The molecule has 1 fully saturated rings. The molecule has 5 nitrogen and oxygen atoms in total. The number of urea groups is 1. The van der Waals surface area contributed by atoms with Gasteiger partial charge in [0.1, 0.15) is 5.54 Å². The van der Waals surface area contributed by atoms with Crippen LogP contribution < -0.4 is 5.32 Å². The zero-order chi connectivity index (χ0) is 13.3. The first-order valence-electron chi connectivity index (χ1n) is 5.32. The van der Waals surface area contributed by atoms with E-state index in [9.17, 15) is 9.59 Å². The van der Waals surface area contributed by atoms with E-state index in [0.29, 0.717) is 0 Å². The van der Waals surface area contributed by atoms with Crippen molar-refractivity contribution in [3.63, 3.8) is 0 Å². The summed E-state index contributed by atoms with van der Waals surface area (Å²) in [5.41, 5.74) is -0.0314. The lowest BCUT2D eigenvalue weighted by atomic mass is 10.0. The molecule has 0 aliphatic carbocycles. The molecular formula is C11H13BrN2O3S. The number of nitrogens with one attached hydrogen (secondary N) is 1. The van der Waals surface area contributed by atoms with Gasteiger partial charge in [-0.15, -0.1) is 11.3 Å². The van der Waals surface area contributed by atoms with Crippen LogP contribution in [0.2, 0.25) is 0 Å². The van der Waals surface area contributed by atoms with Crippen molar-refractivity contribution in [1.29, 1.82) is 0 Å². The standard InChI is InChI=1S/C11H13BrN2O3S/c1-11(6-17-2)9(15)14(10(16)13-11)4-7-3-8(12)18-5-7/h3,5H,4,6H2,1-2H3,(H,13,16). The lowest BCUT2D eigenvalue weighted by molar-refractivity contribution is -0.132. The average molecular weight is 333 g/mol. The predicted octanol–water partition coefficient (Wildman–Crippen LogP) is 1.97. The summed E-state index contributed by atoms with van der Waals surface area (Å²) in [6.45, 7) is 2.12. The molecule has 0 spiro atoms. The summed E-state index contributed by atoms with van der Waals surface area (Å²) in [7, 11) is 1.50. The fraction of sp³-hybridized carbons (Fsp3) is 0.455. The van der Waals surface area contributed by atoms with E-state index in [1.807, 2.05) is 11.4 Å². The average Bonchev–Trinajstić information content (AvgIpc) is 2.78. The van der Waals surface area contributed by atoms with Crippen molar-refractivity contribution in [2.24, 2.45) is 0 Å². The van der Waals surface area contributed by atoms with E-state index in [1.54, 1.807) is 6.92 Å². The lowest BCUT2D eigenvalue weighted by Gasteiger charge is -2.20. The first kappa shape index (κ1) is 13.5. The maximum absolute atomic E-state index is 12.2. The Morgan fingerprint density at radius 1 is 1.56 bits per heavy atom. The van der Waals surface area contributed by atoms with Gasteiger partial charge in [0.05, 0.1) is 16.9 Å². The SMILES string of the molecule is COCC1(C)NC(=O)N(Cc2csc(Br)c2)C1=O. The van der Waals surface area contributed by atoms with Gasteiger partial charge in [-0.1, -0.05) is 0 Å². The molecule has 98 valence electrons. The third-order valence-corrected chi connectivity index (χ3v) is 4.29. The summed E-state index contributed by atoms with van der Waals surface area (Å²) in [6.07, 6.45) is 0. The van der Waals surface area contributed by atoms with Crippen LogP contribution in [0, 0.1) is 0 Å². The maximum Gasteiger partial charge on any atom is 0.325 e. The third kappa shape index (κ3) is 2.43. The number of hydrogen-bond donors (Lipinski definition) is 1. The minimum atomic E-state index is -0.959. The fourth-order valence-electron chi connectivity index (χ4n) is 1.89. The van der Waals surface area contributed by atoms with Gasteiger partial charge < -0.3 is 10.1 Å². The predicted molar refractivity (Wildman–Crippen MR) is 71.4 cm³/mol. The zero-order valence-corrected chi connectivity index (χ0v) is 12.4. The highest BCUT2D eigenvalue weighted by atomic mass is 79.9. The van der Waals surface area contributed by atoms with Crippen molar-refractivity contribution in [2.75, 3.05) is 13.7 Å². The van der Waals surface area contributed by atoms with Crippen molar-refractivity contribution in [2.45, 2.75) is 19.0 Å². The molecule has 1 saturated heterocycles. The van der Waals surface area contributed by atoms with Crippen LogP contribution in [0.4, 0.5) is 4.79 Å². The molecule has 0 bridgehead atoms. The summed E-state index contributed by atoms with van der Waals surface area (Å²) in [4.78, 5) is 25.2. The molecule has 0 radical (unpaired) electrons. The number of carbonyl (C=O) groups excluding carboxylic acids is 2. The van der Waals surface area contributed by atoms with Gasteiger partial charge in [0.15, 0.2) is 0 Å². The molecule has 1 N–H and O–H groups in total. The number of nitrogens with zero attached hydrogens (tertiary/aromatic N) is 1. The monoisotopic (exact) mass is 332 g/mol. The number of methoxy groups -OCH3 is 1. The maximum atomic E-state index is 12.2. The molecular weight excluding hydrogens is 320 g/mol. The van der Waals surface area contributed by atoms with Gasteiger partial charge in [0, 0.05) is 7.11 Å². The minimum Gasteiger partial charge on any atom is -0.382 e. The third-order valence-electron chi connectivity index (χ3n) is 2.74. The van der Waals surface area contributed by atoms with Crippen LogP contribution >= 0.6 is 27.3 Å². The van der Waals surface area contributed by atoms with Gasteiger partial charge in [-0.05, 0) is 39.9 Å². The van der Waals surface area contributed by atoms with Gasteiger partial charge in [0.25, 0.3) is 5.91 Å². The molecule has 2 rings (SSSR count). The van der Waals surface area contributed by atoms with Crippen LogP contribution in [0.25, 0.3) is 0 Å². The van der Waals surface area contributed by atoms with Crippen LogP contribution in [-0.2, 0) is 16.1 Å². The Balaban J connectivity index is 2.14. The van der Waals surface area contributed by atoms with Gasteiger partial charge in [0.2, 0.25) is 0 Å². The van der Waals surface area contributed by atoms with Crippen LogP contribution in [0.1, 0.15) is 12.5 Å². The molecule has 18 heavy (non-hydrogen) atoms. The largest absolute Gasteiger partial charge is 0.382 e. The highest BCUT2D eigenvalue weighted by Crippen LogP contribution is 2.25. The Morgan fingerprint density at radius 3 is 2.83 bits per heavy atom. The minimum absolute atomic E-state index is 0.168. The second-order valence-corrected chi connectivity index (χ2v) is 6.64. The Morgan fingerprint density at radius 2 is 2.28 bits per heavy atom. The molecule has 1 aromatic heterocycles. The van der Waals surface area contributed by atoms with Gasteiger partial charge in [-0.3, -0.25) is 9.69 Å². The molecule has 1 aliphatic rings. The molecule has 1 atom stereocenters. The molecule has 0 aromatic carbocycles. The van der Waals surface area contributed by atoms with Crippen molar-refractivity contribution >= 4 is 39.2 Å². The van der Waals surface area contributed by atoms with E-state index in [4.69, 9.17) is 4.74 Å². The van der Waals surface area contributed by atoms with Crippen LogP contribution in [0.5, 0.6) is 0 Å². The van der Waals surface area contributed by atoms with E-state index < -0.39 is 5.54 Å². The number of amides is 3. The summed E-state index contributed by atoms with van der Waals surface area (Å²) < 4.78 is 5.96. The number of halogens is 1. The molecule has 1 unspecified atom stereocenters. The van der Waals surface area contributed by atoms with E-state index in [0.717, 1.165) is 9.35 Å². The normalized spacial score (nSPS) is 23.6. The van der Waals surface area contributed by atoms with Gasteiger partial charge in [-0.25, -0.2) is 4.79 Å². The Labute approximate surface area is 117 Å². The second-order valence-electron chi connectivity index (χ2n) is 4.35. The van der Waals surface area contributed by atoms with E-state index in [2.05, 4.69) is 21.2 Å². The zero-order valence-electron chi connectivity index (χ0n) is 10.0. The number of hydrogen-bond acceptors (Lipinski definition) is 4. The first-order valence-corrected chi connectivity index (χ1v) is 6.99. The smallest absolute Gasteiger partial charge is 0.325 e. The Bertz CT molecular complexity index is 490. The number of thiophene rings is 1. The first-order chi connectivity index (χ1) is 8.46. The second kappa shape index (κ2) is 4.99. The number of carbonyl (C=O) groups is 2. The fourth-order valence-corrected chi connectivity index (χ4v) is 3.09. The van der Waals surface area contributed by atoms with Crippen molar-refractivity contribution in [3.8, 4) is 0 Å².